The van der Waals surface area contributed by atoms with E-state index in [4.69, 9.17) is 11.6 Å². The lowest BCUT2D eigenvalue weighted by Crippen LogP contribution is -2.20. The van der Waals surface area contributed by atoms with Crippen LogP contribution in [-0.2, 0) is 0 Å². The molecule has 1 N–H and O–H groups in total. The Morgan fingerprint density at radius 3 is 2.92 bits per heavy atom. The molecule has 0 saturated heterocycles. The molecule has 0 amide bonds. The Morgan fingerprint density at radius 1 is 1.28 bits per heavy atom. The molecule has 0 bridgehead atoms. The molecular formula is C18H12ClFN4O. The molecule has 2 heterocycles. The fraction of sp³-hybridized carbons (Fsp3) is 0.0556. The van der Waals surface area contributed by atoms with Crippen LogP contribution in [-0.4, -0.2) is 20.9 Å². The van der Waals surface area contributed by atoms with Crippen molar-refractivity contribution in [2.45, 2.75) is 6.92 Å². The standard InChI is InChI=1S/C18H12ClFN4O/c1-10-22-16-14-8-12(19)5-6-15(14)23-17(16)18(25)24(10)21-9-11-3-2-4-13(20)7-11/h2-9,23H,1H3. The normalized spacial score (nSPS) is 11.8. The van der Waals surface area contributed by atoms with Gasteiger partial charge < -0.3 is 4.98 Å². The lowest BCUT2D eigenvalue weighted by molar-refractivity contribution is 0.627. The molecule has 25 heavy (non-hydrogen) atoms. The van der Waals surface area contributed by atoms with Crippen molar-refractivity contribution in [2.75, 3.05) is 0 Å². The van der Waals surface area contributed by atoms with Gasteiger partial charge in [-0.05, 0) is 42.8 Å². The van der Waals surface area contributed by atoms with Gasteiger partial charge in [-0.15, -0.1) is 0 Å². The Hall–Kier alpha value is -2.99. The fourth-order valence-electron chi connectivity index (χ4n) is 2.73. The van der Waals surface area contributed by atoms with Gasteiger partial charge in [-0.3, -0.25) is 4.79 Å². The molecule has 0 unspecified atom stereocenters. The van der Waals surface area contributed by atoms with Crippen LogP contribution in [0.5, 0.6) is 0 Å². The van der Waals surface area contributed by atoms with Gasteiger partial charge in [0, 0.05) is 15.9 Å². The molecule has 4 aromatic rings. The molecule has 4 rings (SSSR count). The number of nitrogens with zero attached hydrogens (tertiary/aromatic N) is 3. The van der Waals surface area contributed by atoms with E-state index in [-0.39, 0.29) is 11.4 Å². The molecule has 0 saturated carbocycles. The lowest BCUT2D eigenvalue weighted by atomic mass is 10.2. The van der Waals surface area contributed by atoms with Gasteiger partial charge in [0.25, 0.3) is 5.56 Å². The molecule has 0 spiro atoms. The Bertz CT molecular complexity index is 1210. The van der Waals surface area contributed by atoms with Gasteiger partial charge in [-0.25, -0.2) is 9.37 Å². The minimum atomic E-state index is -0.367. The molecular weight excluding hydrogens is 343 g/mol. The average molecular weight is 355 g/mol. The van der Waals surface area contributed by atoms with Crippen LogP contribution in [0.25, 0.3) is 21.9 Å². The van der Waals surface area contributed by atoms with Crippen LogP contribution in [0.4, 0.5) is 4.39 Å². The molecule has 0 fully saturated rings. The first kappa shape index (κ1) is 15.5. The number of H-pyrrole nitrogens is 1. The van der Waals surface area contributed by atoms with Crippen LogP contribution < -0.4 is 5.56 Å². The van der Waals surface area contributed by atoms with E-state index >= 15 is 0 Å². The van der Waals surface area contributed by atoms with Crippen LogP contribution in [0.2, 0.25) is 5.02 Å². The number of nitrogens with one attached hydrogen (secondary N) is 1. The highest BCUT2D eigenvalue weighted by molar-refractivity contribution is 6.31. The maximum atomic E-state index is 13.3. The largest absolute Gasteiger partial charge is 0.349 e. The topological polar surface area (TPSA) is 63.0 Å². The van der Waals surface area contributed by atoms with Crippen molar-refractivity contribution in [3.05, 3.63) is 75.0 Å². The Morgan fingerprint density at radius 2 is 2.12 bits per heavy atom. The van der Waals surface area contributed by atoms with Crippen molar-refractivity contribution in [3.63, 3.8) is 0 Å². The zero-order chi connectivity index (χ0) is 17.6. The highest BCUT2D eigenvalue weighted by Gasteiger charge is 2.13. The number of aromatic amines is 1. The summed E-state index contributed by atoms with van der Waals surface area (Å²) in [6, 6.07) is 11.3. The van der Waals surface area contributed by atoms with E-state index < -0.39 is 0 Å². The van der Waals surface area contributed by atoms with Gasteiger partial charge in [0.2, 0.25) is 0 Å². The third-order valence-corrected chi connectivity index (χ3v) is 4.13. The molecule has 7 heteroatoms. The summed E-state index contributed by atoms with van der Waals surface area (Å²) in [5, 5.41) is 5.51. The van der Waals surface area contributed by atoms with Crippen LogP contribution >= 0.6 is 11.6 Å². The monoisotopic (exact) mass is 354 g/mol. The minimum absolute atomic E-state index is 0.331. The number of halogens is 2. The molecule has 5 nitrogen and oxygen atoms in total. The summed E-state index contributed by atoms with van der Waals surface area (Å²) in [7, 11) is 0. The Labute approximate surface area is 146 Å². The fourth-order valence-corrected chi connectivity index (χ4v) is 2.90. The Balaban J connectivity index is 1.90. The van der Waals surface area contributed by atoms with Crippen molar-refractivity contribution >= 4 is 39.8 Å². The zero-order valence-electron chi connectivity index (χ0n) is 13.1. The second kappa shape index (κ2) is 5.82. The van der Waals surface area contributed by atoms with E-state index in [1.807, 2.05) is 0 Å². The van der Waals surface area contributed by atoms with E-state index in [9.17, 15) is 9.18 Å². The molecule has 124 valence electrons. The molecule has 0 radical (unpaired) electrons. The first-order valence-corrected chi connectivity index (χ1v) is 7.91. The predicted octanol–water partition coefficient (Wildman–Crippen LogP) is 3.86. The van der Waals surface area contributed by atoms with Crippen LogP contribution in [0.1, 0.15) is 11.4 Å². The summed E-state index contributed by atoms with van der Waals surface area (Å²) in [6.07, 6.45) is 1.42. The minimum Gasteiger partial charge on any atom is -0.349 e. The third-order valence-electron chi connectivity index (χ3n) is 3.89. The maximum absolute atomic E-state index is 13.3. The summed E-state index contributed by atoms with van der Waals surface area (Å²) in [6.45, 7) is 1.69. The van der Waals surface area contributed by atoms with E-state index in [1.54, 1.807) is 37.3 Å². The first-order chi connectivity index (χ1) is 12.0. The van der Waals surface area contributed by atoms with Crippen molar-refractivity contribution in [1.82, 2.24) is 14.6 Å². The molecule has 0 atom stereocenters. The first-order valence-electron chi connectivity index (χ1n) is 7.53. The molecule has 2 aromatic carbocycles. The third kappa shape index (κ3) is 2.70. The number of aryl methyl sites for hydroxylation is 1. The zero-order valence-corrected chi connectivity index (χ0v) is 13.9. The summed E-state index contributed by atoms with van der Waals surface area (Å²) >= 11 is 6.04. The number of aromatic nitrogens is 3. The van der Waals surface area contributed by atoms with E-state index in [0.717, 1.165) is 10.9 Å². The SMILES string of the molecule is Cc1nc2c([nH]c3ccc(Cl)cc32)c(=O)n1N=Cc1cccc(F)c1. The quantitative estimate of drug-likeness (QED) is 0.555. The molecule has 0 aliphatic rings. The molecule has 0 aliphatic heterocycles. The number of hydrogen-bond donors (Lipinski definition) is 1. The summed E-state index contributed by atoms with van der Waals surface area (Å²) in [4.78, 5) is 20.3. The van der Waals surface area contributed by atoms with E-state index in [2.05, 4.69) is 15.1 Å². The van der Waals surface area contributed by atoms with Crippen molar-refractivity contribution in [2.24, 2.45) is 5.10 Å². The highest BCUT2D eigenvalue weighted by atomic mass is 35.5. The van der Waals surface area contributed by atoms with Crippen molar-refractivity contribution in [1.29, 1.82) is 0 Å². The summed E-state index contributed by atoms with van der Waals surface area (Å²) in [5.74, 6) is 0.0557. The Kier molecular flexibility index (Phi) is 3.62. The number of benzene rings is 2. The van der Waals surface area contributed by atoms with Gasteiger partial charge in [-0.2, -0.15) is 9.78 Å². The highest BCUT2D eigenvalue weighted by Crippen LogP contribution is 2.25. The average Bonchev–Trinajstić information content (AvgIpc) is 2.93. The number of hydrogen-bond acceptors (Lipinski definition) is 3. The number of fused-ring (bicyclic) bond motifs is 3. The second-order valence-corrected chi connectivity index (χ2v) is 6.05. The van der Waals surface area contributed by atoms with E-state index in [0.29, 0.717) is 27.4 Å². The smallest absolute Gasteiger partial charge is 0.298 e. The van der Waals surface area contributed by atoms with Gasteiger partial charge >= 0.3 is 0 Å². The lowest BCUT2D eigenvalue weighted by Gasteiger charge is -2.03. The second-order valence-electron chi connectivity index (χ2n) is 5.61. The van der Waals surface area contributed by atoms with Gasteiger partial charge in [-0.1, -0.05) is 23.7 Å². The van der Waals surface area contributed by atoms with Gasteiger partial charge in [0.15, 0.2) is 0 Å². The number of rotatable bonds is 2. The van der Waals surface area contributed by atoms with Crippen molar-refractivity contribution in [3.8, 4) is 0 Å². The van der Waals surface area contributed by atoms with Crippen molar-refractivity contribution < 1.29 is 4.39 Å². The van der Waals surface area contributed by atoms with Crippen LogP contribution in [0.15, 0.2) is 52.4 Å². The van der Waals surface area contributed by atoms with Gasteiger partial charge in [0.05, 0.1) is 6.21 Å². The predicted molar refractivity (Wildman–Crippen MR) is 97.0 cm³/mol. The van der Waals surface area contributed by atoms with Crippen LogP contribution in [0, 0.1) is 12.7 Å². The van der Waals surface area contributed by atoms with Crippen LogP contribution in [0.3, 0.4) is 0 Å². The van der Waals surface area contributed by atoms with E-state index in [1.165, 1.54) is 23.0 Å². The maximum Gasteiger partial charge on any atom is 0.298 e. The molecule has 2 aromatic heterocycles. The summed E-state index contributed by atoms with van der Waals surface area (Å²) < 4.78 is 14.4. The summed E-state index contributed by atoms with van der Waals surface area (Å²) in [5.41, 5.74) is 1.89. The van der Waals surface area contributed by atoms with Gasteiger partial charge in [0.1, 0.15) is 22.7 Å². The molecule has 0 aliphatic carbocycles.